The molecule has 258 valence electrons. The highest BCUT2D eigenvalue weighted by atomic mass is 16.3. The van der Waals surface area contributed by atoms with Crippen molar-refractivity contribution in [3.05, 3.63) is 205 Å². The normalized spacial score (nSPS) is 14.4. The van der Waals surface area contributed by atoms with Crippen molar-refractivity contribution in [1.82, 2.24) is 5.32 Å². The Morgan fingerprint density at radius 3 is 1.87 bits per heavy atom. The first-order valence-corrected chi connectivity index (χ1v) is 18.7. The number of nitrogens with zero attached hydrogens (tertiary/aromatic N) is 2. The van der Waals surface area contributed by atoms with Crippen LogP contribution in [0.2, 0.25) is 0 Å². The zero-order chi connectivity index (χ0) is 36.3. The molecule has 1 atom stereocenters. The van der Waals surface area contributed by atoms with E-state index in [1.165, 1.54) is 32.7 Å². The predicted molar refractivity (Wildman–Crippen MR) is 229 cm³/mol. The smallest absolute Gasteiger partial charge is 0.159 e. The van der Waals surface area contributed by atoms with Crippen LogP contribution in [-0.2, 0) is 0 Å². The summed E-state index contributed by atoms with van der Waals surface area (Å²) in [6, 6.07) is 66.5. The van der Waals surface area contributed by atoms with Crippen molar-refractivity contribution in [3.8, 4) is 22.3 Å². The van der Waals surface area contributed by atoms with Gasteiger partial charge in [0.1, 0.15) is 23.2 Å². The van der Waals surface area contributed by atoms with E-state index in [-0.39, 0.29) is 6.17 Å². The van der Waals surface area contributed by atoms with E-state index in [0.717, 1.165) is 66.4 Å². The summed E-state index contributed by atoms with van der Waals surface area (Å²) in [6.07, 6.45) is -0.320. The zero-order valence-corrected chi connectivity index (χ0v) is 29.8. The van der Waals surface area contributed by atoms with Crippen molar-refractivity contribution in [2.24, 2.45) is 9.98 Å². The molecule has 0 saturated heterocycles. The first-order valence-electron chi connectivity index (χ1n) is 18.7. The van der Waals surface area contributed by atoms with Crippen LogP contribution in [-0.4, -0.2) is 11.7 Å². The number of benzene rings is 9. The van der Waals surface area contributed by atoms with Gasteiger partial charge in [-0.1, -0.05) is 158 Å². The summed E-state index contributed by atoms with van der Waals surface area (Å²) >= 11 is 0. The van der Waals surface area contributed by atoms with Gasteiger partial charge in [0, 0.05) is 21.9 Å². The van der Waals surface area contributed by atoms with Crippen LogP contribution in [0, 0.1) is 0 Å². The number of furan rings is 1. The molecule has 4 heteroatoms. The molecular weight excluding hydrogens is 671 g/mol. The van der Waals surface area contributed by atoms with Crippen molar-refractivity contribution in [3.63, 3.8) is 0 Å². The van der Waals surface area contributed by atoms with Gasteiger partial charge < -0.3 is 9.73 Å². The summed E-state index contributed by atoms with van der Waals surface area (Å²) < 4.78 is 6.20. The summed E-state index contributed by atoms with van der Waals surface area (Å²) in [7, 11) is 0. The molecule has 4 nitrogen and oxygen atoms in total. The van der Waals surface area contributed by atoms with Gasteiger partial charge in [-0.3, -0.25) is 0 Å². The van der Waals surface area contributed by atoms with Crippen molar-refractivity contribution < 1.29 is 4.42 Å². The van der Waals surface area contributed by atoms with Crippen molar-refractivity contribution in [1.29, 1.82) is 0 Å². The van der Waals surface area contributed by atoms with Gasteiger partial charge in [0.05, 0.1) is 0 Å². The number of hydrogen-bond acceptors (Lipinski definition) is 4. The fourth-order valence-electron chi connectivity index (χ4n) is 8.12. The maximum Gasteiger partial charge on any atom is 0.159 e. The summed E-state index contributed by atoms with van der Waals surface area (Å²) in [5.41, 5.74) is 9.58. The van der Waals surface area contributed by atoms with Gasteiger partial charge in [0.25, 0.3) is 0 Å². The summed E-state index contributed by atoms with van der Waals surface area (Å²) in [6.45, 7) is 0. The lowest BCUT2D eigenvalue weighted by Crippen LogP contribution is -2.33. The molecule has 0 spiro atoms. The van der Waals surface area contributed by atoms with E-state index in [4.69, 9.17) is 14.4 Å². The van der Waals surface area contributed by atoms with Crippen LogP contribution in [0.1, 0.15) is 22.9 Å². The highest BCUT2D eigenvalue weighted by molar-refractivity contribution is 6.15. The molecule has 0 radical (unpaired) electrons. The Morgan fingerprint density at radius 2 is 1.00 bits per heavy atom. The molecule has 0 fully saturated rings. The number of aliphatic imine (C=N–C) groups is 2. The molecule has 2 heterocycles. The lowest BCUT2D eigenvalue weighted by Gasteiger charge is -2.24. The third-order valence-electron chi connectivity index (χ3n) is 10.9. The van der Waals surface area contributed by atoms with Crippen molar-refractivity contribution in [2.75, 3.05) is 0 Å². The first-order chi connectivity index (χ1) is 27.2. The average molecular weight is 704 g/mol. The van der Waals surface area contributed by atoms with Gasteiger partial charge >= 0.3 is 0 Å². The molecule has 0 amide bonds. The second-order valence-electron chi connectivity index (χ2n) is 14.2. The first kappa shape index (κ1) is 31.2. The van der Waals surface area contributed by atoms with Gasteiger partial charge in [0.2, 0.25) is 0 Å². The largest absolute Gasteiger partial charge is 0.456 e. The molecule has 1 aliphatic heterocycles. The second kappa shape index (κ2) is 12.7. The van der Waals surface area contributed by atoms with Crippen molar-refractivity contribution in [2.45, 2.75) is 6.17 Å². The summed E-state index contributed by atoms with van der Waals surface area (Å²) in [5.74, 6) is 1.50. The van der Waals surface area contributed by atoms with E-state index in [1.54, 1.807) is 0 Å². The second-order valence-corrected chi connectivity index (χ2v) is 14.2. The maximum atomic E-state index is 6.20. The number of amidine groups is 2. The molecule has 11 rings (SSSR count). The fraction of sp³-hybridized carbons (Fsp3) is 0.0196. The summed E-state index contributed by atoms with van der Waals surface area (Å²) in [4.78, 5) is 10.4. The highest BCUT2D eigenvalue weighted by Gasteiger charge is 2.22. The van der Waals surface area contributed by atoms with Crippen LogP contribution < -0.4 is 5.32 Å². The lowest BCUT2D eigenvalue weighted by molar-refractivity contribution is 0.669. The number of nitrogens with one attached hydrogen (secondary N) is 1. The monoisotopic (exact) mass is 703 g/mol. The van der Waals surface area contributed by atoms with E-state index in [1.807, 2.05) is 18.2 Å². The Morgan fingerprint density at radius 1 is 0.418 bits per heavy atom. The average Bonchev–Trinajstić information content (AvgIpc) is 3.65. The molecule has 1 unspecified atom stereocenters. The van der Waals surface area contributed by atoms with E-state index in [2.05, 4.69) is 175 Å². The topological polar surface area (TPSA) is 49.9 Å². The van der Waals surface area contributed by atoms with Crippen molar-refractivity contribution >= 4 is 65.9 Å². The molecule has 9 aromatic carbocycles. The molecular formula is C51H33N3O. The minimum absolute atomic E-state index is 0.320. The van der Waals surface area contributed by atoms with E-state index >= 15 is 0 Å². The van der Waals surface area contributed by atoms with E-state index < -0.39 is 0 Å². The van der Waals surface area contributed by atoms with Crippen LogP contribution in [0.15, 0.2) is 202 Å². The number of fused-ring (bicyclic) bond motifs is 6. The quantitative estimate of drug-likeness (QED) is 0.194. The molecule has 0 saturated carbocycles. The van der Waals surface area contributed by atoms with Crippen LogP contribution in [0.3, 0.4) is 0 Å². The Balaban J connectivity index is 0.987. The van der Waals surface area contributed by atoms with E-state index in [9.17, 15) is 0 Å². The lowest BCUT2D eigenvalue weighted by atomic mass is 9.96. The predicted octanol–water partition coefficient (Wildman–Crippen LogP) is 12.9. The van der Waals surface area contributed by atoms with Gasteiger partial charge in [0.15, 0.2) is 5.84 Å². The van der Waals surface area contributed by atoms with Crippen LogP contribution in [0.5, 0.6) is 0 Å². The fourth-order valence-corrected chi connectivity index (χ4v) is 8.12. The van der Waals surface area contributed by atoms with Crippen LogP contribution in [0.4, 0.5) is 0 Å². The number of hydrogen-bond donors (Lipinski definition) is 1. The van der Waals surface area contributed by atoms with Gasteiger partial charge in [-0.25, -0.2) is 9.98 Å². The molecule has 1 N–H and O–H groups in total. The highest BCUT2D eigenvalue weighted by Crippen LogP contribution is 2.38. The number of para-hydroxylation sites is 1. The van der Waals surface area contributed by atoms with Crippen LogP contribution in [0.25, 0.3) is 76.5 Å². The third-order valence-corrected chi connectivity index (χ3v) is 10.9. The molecule has 55 heavy (non-hydrogen) atoms. The van der Waals surface area contributed by atoms with Crippen LogP contribution >= 0.6 is 0 Å². The van der Waals surface area contributed by atoms with E-state index in [0.29, 0.717) is 5.84 Å². The SMILES string of the molecule is c1ccc2cc(C3=NC(c4ccc5cc(-c6cccc7oc8ccccc8c67)ccc5c4)=NC(c4ccc(-c5cccc6ccccc56)cc4)N3)ccc2c1. The Labute approximate surface area is 317 Å². The minimum atomic E-state index is -0.320. The minimum Gasteiger partial charge on any atom is -0.456 e. The molecule has 1 aromatic heterocycles. The summed E-state index contributed by atoms with van der Waals surface area (Å²) in [5, 5.41) is 13.1. The number of rotatable bonds is 5. The van der Waals surface area contributed by atoms with Gasteiger partial charge in [-0.05, 0) is 90.5 Å². The maximum absolute atomic E-state index is 6.20. The Hall–Kier alpha value is -7.30. The Bertz CT molecular complexity index is 3180. The Kier molecular flexibility index (Phi) is 7.20. The third kappa shape index (κ3) is 5.46. The zero-order valence-electron chi connectivity index (χ0n) is 29.8. The molecule has 1 aliphatic rings. The molecule has 0 aliphatic carbocycles. The molecule has 0 bridgehead atoms. The van der Waals surface area contributed by atoms with Gasteiger partial charge in [-0.2, -0.15) is 0 Å². The molecule has 10 aromatic rings. The standard InChI is InChI=1S/C51H33N3O/c1-2-11-36-30-40(27-19-32(36)9-1)50-52-49(35-22-20-34(21-23-35)43-15-7-12-33-10-3-4-13-42(33)43)53-51(54-50)41-28-25-37-29-39(26-24-38(37)31-41)44-16-8-18-47-48(44)45-14-5-6-17-46(45)55-47/h1-31,49H,(H,52,53,54). The van der Waals surface area contributed by atoms with Gasteiger partial charge in [-0.15, -0.1) is 0 Å².